The lowest BCUT2D eigenvalue weighted by molar-refractivity contribution is 0.577. The van der Waals surface area contributed by atoms with E-state index in [0.717, 1.165) is 5.56 Å². The number of hydrogen-bond donors (Lipinski definition) is 3. The van der Waals surface area contributed by atoms with Gasteiger partial charge >= 0.3 is 0 Å². The van der Waals surface area contributed by atoms with Gasteiger partial charge in [0.1, 0.15) is 5.82 Å². The Hall–Kier alpha value is -3.69. The van der Waals surface area contributed by atoms with E-state index < -0.39 is 5.82 Å². The molecule has 26 heavy (non-hydrogen) atoms. The molecule has 0 aliphatic heterocycles. The molecular formula is C16H15FN8O. The molecule has 0 aliphatic carbocycles. The summed E-state index contributed by atoms with van der Waals surface area (Å²) in [6.45, 7) is 0.484. The average molecular weight is 354 g/mol. The second kappa shape index (κ2) is 6.31. The van der Waals surface area contributed by atoms with Crippen molar-refractivity contribution in [1.82, 2.24) is 24.6 Å². The fraction of sp³-hybridized carbons (Fsp3) is 0.125. The molecule has 10 heteroatoms. The van der Waals surface area contributed by atoms with Crippen LogP contribution in [0.3, 0.4) is 0 Å². The number of hydrogen-bond acceptors (Lipinski definition) is 8. The van der Waals surface area contributed by atoms with Crippen LogP contribution in [0.15, 0.2) is 41.0 Å². The smallest absolute Gasteiger partial charge is 0.259 e. The average Bonchev–Trinajstić information content (AvgIpc) is 3.27. The standard InChI is InChI=1S/C16H15FN8O/c17-10-8-9(3-4-11(10)18)5-6-20-15-22-14(19)25-16(23-15)21-13(24-25)12-2-1-7-26-12/h1-4,7-8H,5-6,18H2,(H3,19,20,21,22,23,24). The molecule has 4 aromatic rings. The molecule has 0 bridgehead atoms. The maximum absolute atomic E-state index is 13.5. The van der Waals surface area contributed by atoms with Crippen molar-refractivity contribution in [2.75, 3.05) is 23.3 Å². The van der Waals surface area contributed by atoms with E-state index in [2.05, 4.69) is 25.4 Å². The maximum Gasteiger partial charge on any atom is 0.259 e. The van der Waals surface area contributed by atoms with Crippen LogP contribution in [0.1, 0.15) is 5.56 Å². The fourth-order valence-corrected chi connectivity index (χ4v) is 2.44. The van der Waals surface area contributed by atoms with Crippen molar-refractivity contribution in [2.24, 2.45) is 0 Å². The van der Waals surface area contributed by atoms with E-state index >= 15 is 0 Å². The topological polar surface area (TPSA) is 133 Å². The Morgan fingerprint density at radius 3 is 2.81 bits per heavy atom. The highest BCUT2D eigenvalue weighted by Gasteiger charge is 2.13. The molecule has 0 unspecified atom stereocenters. The van der Waals surface area contributed by atoms with Gasteiger partial charge in [0.15, 0.2) is 5.76 Å². The van der Waals surface area contributed by atoms with Gasteiger partial charge in [0.2, 0.25) is 17.7 Å². The first-order chi connectivity index (χ1) is 12.6. The van der Waals surface area contributed by atoms with E-state index in [1.165, 1.54) is 22.9 Å². The number of anilines is 3. The normalized spacial score (nSPS) is 11.1. The lowest BCUT2D eigenvalue weighted by Gasteiger charge is -2.06. The van der Waals surface area contributed by atoms with Crippen LogP contribution in [0.5, 0.6) is 0 Å². The van der Waals surface area contributed by atoms with Gasteiger partial charge < -0.3 is 21.2 Å². The van der Waals surface area contributed by atoms with Gasteiger partial charge in [-0.05, 0) is 36.2 Å². The number of nitrogens with two attached hydrogens (primary N) is 2. The van der Waals surface area contributed by atoms with Crippen LogP contribution in [0, 0.1) is 5.82 Å². The molecule has 132 valence electrons. The van der Waals surface area contributed by atoms with E-state index in [1.807, 2.05) is 0 Å². The third-order valence-electron chi connectivity index (χ3n) is 3.74. The van der Waals surface area contributed by atoms with Gasteiger partial charge in [0.25, 0.3) is 5.78 Å². The number of nitrogen functional groups attached to an aromatic ring is 2. The van der Waals surface area contributed by atoms with Crippen LogP contribution >= 0.6 is 0 Å². The van der Waals surface area contributed by atoms with Crippen LogP contribution in [0.2, 0.25) is 0 Å². The number of aromatic nitrogens is 5. The first kappa shape index (κ1) is 15.8. The van der Waals surface area contributed by atoms with Crippen molar-refractivity contribution in [3.8, 4) is 11.6 Å². The third-order valence-corrected chi connectivity index (χ3v) is 3.74. The minimum absolute atomic E-state index is 0.127. The quantitative estimate of drug-likeness (QED) is 0.462. The molecule has 0 saturated carbocycles. The summed E-state index contributed by atoms with van der Waals surface area (Å²) in [6.07, 6.45) is 2.10. The third kappa shape index (κ3) is 2.99. The summed E-state index contributed by atoms with van der Waals surface area (Å²) in [5, 5.41) is 7.27. The number of benzene rings is 1. The highest BCUT2D eigenvalue weighted by molar-refractivity contribution is 5.52. The summed E-state index contributed by atoms with van der Waals surface area (Å²) in [4.78, 5) is 12.7. The molecule has 0 aliphatic rings. The zero-order valence-electron chi connectivity index (χ0n) is 13.6. The Kier molecular flexibility index (Phi) is 3.84. The van der Waals surface area contributed by atoms with Crippen LogP contribution < -0.4 is 16.8 Å². The van der Waals surface area contributed by atoms with Gasteiger partial charge in [0.05, 0.1) is 12.0 Å². The van der Waals surface area contributed by atoms with Crippen LogP contribution in [-0.2, 0) is 6.42 Å². The zero-order valence-corrected chi connectivity index (χ0v) is 13.6. The monoisotopic (exact) mass is 354 g/mol. The number of fused-ring (bicyclic) bond motifs is 1. The molecule has 4 rings (SSSR count). The van der Waals surface area contributed by atoms with Crippen molar-refractivity contribution in [1.29, 1.82) is 0 Å². The highest BCUT2D eigenvalue weighted by atomic mass is 19.1. The van der Waals surface area contributed by atoms with E-state index in [4.69, 9.17) is 15.9 Å². The zero-order chi connectivity index (χ0) is 18.1. The Labute approximate surface area is 146 Å². The van der Waals surface area contributed by atoms with Gasteiger partial charge in [0, 0.05) is 6.54 Å². The summed E-state index contributed by atoms with van der Waals surface area (Å²) < 4.78 is 20.1. The lowest BCUT2D eigenvalue weighted by atomic mass is 10.1. The van der Waals surface area contributed by atoms with Crippen molar-refractivity contribution in [3.05, 3.63) is 48.0 Å². The highest BCUT2D eigenvalue weighted by Crippen LogP contribution is 2.18. The van der Waals surface area contributed by atoms with E-state index in [-0.39, 0.29) is 11.6 Å². The molecule has 0 spiro atoms. The largest absolute Gasteiger partial charge is 0.461 e. The molecule has 3 heterocycles. The van der Waals surface area contributed by atoms with E-state index in [0.29, 0.717) is 36.3 Å². The molecule has 0 saturated heterocycles. The summed E-state index contributed by atoms with van der Waals surface area (Å²) in [5.74, 6) is 1.19. The summed E-state index contributed by atoms with van der Waals surface area (Å²) >= 11 is 0. The second-order valence-electron chi connectivity index (χ2n) is 5.56. The molecular weight excluding hydrogens is 339 g/mol. The second-order valence-corrected chi connectivity index (χ2v) is 5.56. The number of nitrogens with zero attached hydrogens (tertiary/aromatic N) is 5. The number of nitrogens with one attached hydrogen (secondary N) is 1. The van der Waals surface area contributed by atoms with E-state index in [9.17, 15) is 4.39 Å². The molecule has 3 aromatic heterocycles. The molecule has 0 radical (unpaired) electrons. The van der Waals surface area contributed by atoms with Crippen LogP contribution in [0.4, 0.5) is 22.0 Å². The molecule has 0 amide bonds. The maximum atomic E-state index is 13.5. The Bertz CT molecular complexity index is 1060. The van der Waals surface area contributed by atoms with Crippen molar-refractivity contribution >= 4 is 23.4 Å². The Morgan fingerprint density at radius 1 is 1.15 bits per heavy atom. The van der Waals surface area contributed by atoms with Crippen molar-refractivity contribution in [2.45, 2.75) is 6.42 Å². The van der Waals surface area contributed by atoms with Gasteiger partial charge in [-0.1, -0.05) is 6.07 Å². The minimum atomic E-state index is -0.432. The first-order valence-electron chi connectivity index (χ1n) is 7.82. The van der Waals surface area contributed by atoms with Gasteiger partial charge in [-0.15, -0.1) is 5.10 Å². The predicted molar refractivity (Wildman–Crippen MR) is 93.7 cm³/mol. The predicted octanol–water partition coefficient (Wildman–Crippen LogP) is 1.74. The minimum Gasteiger partial charge on any atom is -0.461 e. The first-order valence-corrected chi connectivity index (χ1v) is 7.82. The number of furan rings is 1. The molecule has 1 aromatic carbocycles. The summed E-state index contributed by atoms with van der Waals surface area (Å²) in [7, 11) is 0. The molecule has 9 nitrogen and oxygen atoms in total. The number of rotatable bonds is 5. The van der Waals surface area contributed by atoms with Crippen LogP contribution in [0.25, 0.3) is 17.4 Å². The lowest BCUT2D eigenvalue weighted by Crippen LogP contribution is -2.12. The van der Waals surface area contributed by atoms with Crippen molar-refractivity contribution in [3.63, 3.8) is 0 Å². The molecule has 0 fully saturated rings. The van der Waals surface area contributed by atoms with Gasteiger partial charge in [-0.2, -0.15) is 19.5 Å². The van der Waals surface area contributed by atoms with Crippen molar-refractivity contribution < 1.29 is 8.81 Å². The molecule has 5 N–H and O–H groups in total. The summed E-state index contributed by atoms with van der Waals surface area (Å²) in [6, 6.07) is 8.19. The Morgan fingerprint density at radius 2 is 2.04 bits per heavy atom. The van der Waals surface area contributed by atoms with Crippen LogP contribution in [-0.4, -0.2) is 31.1 Å². The fourth-order valence-electron chi connectivity index (χ4n) is 2.44. The van der Waals surface area contributed by atoms with Gasteiger partial charge in [-0.3, -0.25) is 0 Å². The number of halogens is 1. The SMILES string of the molecule is Nc1ccc(CCNc2nc(N)n3nc(-c4ccco4)nc3n2)cc1F. The van der Waals surface area contributed by atoms with Gasteiger partial charge in [-0.25, -0.2) is 4.39 Å². The van der Waals surface area contributed by atoms with E-state index in [1.54, 1.807) is 18.2 Å². The Balaban J connectivity index is 1.50. The summed E-state index contributed by atoms with van der Waals surface area (Å²) in [5.41, 5.74) is 12.3. The molecule has 0 atom stereocenters.